The van der Waals surface area contributed by atoms with E-state index < -0.39 is 15.8 Å². The molecule has 0 spiro atoms. The van der Waals surface area contributed by atoms with Gasteiger partial charge in [0.1, 0.15) is 11.6 Å². The Labute approximate surface area is 122 Å². The van der Waals surface area contributed by atoms with Gasteiger partial charge in [-0.15, -0.1) is 0 Å². The number of aromatic nitrogens is 2. The lowest BCUT2D eigenvalue weighted by Crippen LogP contribution is -2.25. The van der Waals surface area contributed by atoms with Crippen LogP contribution in [0.25, 0.3) is 0 Å². The van der Waals surface area contributed by atoms with E-state index in [1.807, 2.05) is 0 Å². The molecule has 0 saturated carbocycles. The summed E-state index contributed by atoms with van der Waals surface area (Å²) >= 11 is 0. The molecule has 21 heavy (non-hydrogen) atoms. The maximum atomic E-state index is 13.3. The zero-order valence-corrected chi connectivity index (χ0v) is 12.4. The molecule has 0 unspecified atom stereocenters. The number of nitrogens with one attached hydrogen (secondary N) is 1. The first kappa shape index (κ1) is 15.3. The fraction of sp³-hybridized carbons (Fsp3) is 0.231. The van der Waals surface area contributed by atoms with Crippen molar-refractivity contribution in [3.63, 3.8) is 0 Å². The molecule has 3 N–H and O–H groups in total. The van der Waals surface area contributed by atoms with Crippen molar-refractivity contribution < 1.29 is 12.8 Å². The molecule has 0 aliphatic carbocycles. The molecule has 6 nitrogen and oxygen atoms in total. The number of aryl methyl sites for hydroxylation is 2. The lowest BCUT2D eigenvalue weighted by Gasteiger charge is -2.10. The number of nitrogen functional groups attached to an aromatic ring is 1. The molecule has 8 heteroatoms. The zero-order valence-electron chi connectivity index (χ0n) is 11.6. The van der Waals surface area contributed by atoms with Crippen LogP contribution in [0.3, 0.4) is 0 Å². The number of benzene rings is 1. The topological polar surface area (TPSA) is 98.0 Å². The number of nitrogens with two attached hydrogens (primary N) is 1. The Morgan fingerprint density at radius 1 is 1.33 bits per heavy atom. The molecule has 1 aromatic carbocycles. The maximum absolute atomic E-state index is 13.3. The first-order valence-electron chi connectivity index (χ1n) is 6.13. The van der Waals surface area contributed by atoms with Crippen molar-refractivity contribution in [2.45, 2.75) is 25.3 Å². The Morgan fingerprint density at radius 3 is 2.71 bits per heavy atom. The van der Waals surface area contributed by atoms with Gasteiger partial charge >= 0.3 is 0 Å². The van der Waals surface area contributed by atoms with E-state index in [9.17, 15) is 12.8 Å². The third-order valence-corrected chi connectivity index (χ3v) is 4.40. The van der Waals surface area contributed by atoms with Crippen molar-refractivity contribution >= 4 is 15.7 Å². The summed E-state index contributed by atoms with van der Waals surface area (Å²) in [5, 5.41) is 0. The average Bonchev–Trinajstić information content (AvgIpc) is 2.41. The van der Waals surface area contributed by atoms with E-state index in [0.717, 1.165) is 12.1 Å². The third kappa shape index (κ3) is 3.53. The number of sulfonamides is 1. The van der Waals surface area contributed by atoms with Crippen molar-refractivity contribution in [3.05, 3.63) is 47.3 Å². The summed E-state index contributed by atoms with van der Waals surface area (Å²) in [7, 11) is -3.80. The summed E-state index contributed by atoms with van der Waals surface area (Å²) in [6.07, 6.45) is 1.55. The highest BCUT2D eigenvalue weighted by molar-refractivity contribution is 7.89. The normalized spacial score (nSPS) is 11.6. The smallest absolute Gasteiger partial charge is 0.241 e. The second-order valence-electron chi connectivity index (χ2n) is 4.56. The highest BCUT2D eigenvalue weighted by Gasteiger charge is 2.18. The Bertz CT molecular complexity index is 778. The van der Waals surface area contributed by atoms with Gasteiger partial charge in [0.2, 0.25) is 10.0 Å². The monoisotopic (exact) mass is 310 g/mol. The Morgan fingerprint density at radius 2 is 2.05 bits per heavy atom. The van der Waals surface area contributed by atoms with Crippen LogP contribution >= 0.6 is 0 Å². The molecule has 0 aliphatic heterocycles. The first-order chi connectivity index (χ1) is 9.79. The standard InChI is InChI=1S/C13H15FN4O2S/c1-8-5-11(14)12(15)6-13(8)21(19,20)17-7-10-3-4-16-9(2)18-10/h3-6,17H,7,15H2,1-2H3. The highest BCUT2D eigenvalue weighted by Crippen LogP contribution is 2.21. The zero-order chi connectivity index (χ0) is 15.6. The van der Waals surface area contributed by atoms with E-state index >= 15 is 0 Å². The minimum absolute atomic E-state index is 0.0163. The van der Waals surface area contributed by atoms with Crippen LogP contribution in [0, 0.1) is 19.7 Å². The fourth-order valence-electron chi connectivity index (χ4n) is 1.81. The summed E-state index contributed by atoms with van der Waals surface area (Å²) < 4.78 is 40.2. The highest BCUT2D eigenvalue weighted by atomic mass is 32.2. The third-order valence-electron chi connectivity index (χ3n) is 2.86. The molecular weight excluding hydrogens is 295 g/mol. The summed E-state index contributed by atoms with van der Waals surface area (Å²) in [6, 6.07) is 3.82. The second-order valence-corrected chi connectivity index (χ2v) is 6.29. The summed E-state index contributed by atoms with van der Waals surface area (Å²) in [4.78, 5) is 7.98. The van der Waals surface area contributed by atoms with Gasteiger partial charge in [-0.2, -0.15) is 0 Å². The molecule has 0 atom stereocenters. The van der Waals surface area contributed by atoms with Gasteiger partial charge in [0, 0.05) is 6.20 Å². The molecule has 112 valence electrons. The van der Waals surface area contributed by atoms with Gasteiger partial charge in [0.05, 0.1) is 22.8 Å². The van der Waals surface area contributed by atoms with Crippen LogP contribution in [0.1, 0.15) is 17.1 Å². The molecule has 2 aromatic rings. The predicted molar refractivity (Wildman–Crippen MR) is 76.3 cm³/mol. The Kier molecular flexibility index (Phi) is 4.19. The molecule has 2 rings (SSSR count). The molecule has 1 aromatic heterocycles. The number of anilines is 1. The van der Waals surface area contributed by atoms with Crippen LogP contribution in [0.4, 0.5) is 10.1 Å². The molecule has 0 aliphatic rings. The van der Waals surface area contributed by atoms with Gasteiger partial charge in [0.15, 0.2) is 0 Å². The molecule has 0 fully saturated rings. The fourth-order valence-corrected chi connectivity index (χ4v) is 3.07. The largest absolute Gasteiger partial charge is 0.396 e. The maximum Gasteiger partial charge on any atom is 0.241 e. The van der Waals surface area contributed by atoms with Gasteiger partial charge < -0.3 is 5.73 Å². The van der Waals surface area contributed by atoms with E-state index in [4.69, 9.17) is 5.73 Å². The van der Waals surface area contributed by atoms with Crippen LogP contribution in [-0.2, 0) is 16.6 Å². The van der Waals surface area contributed by atoms with E-state index in [0.29, 0.717) is 11.5 Å². The van der Waals surface area contributed by atoms with E-state index in [1.54, 1.807) is 19.2 Å². The summed E-state index contributed by atoms with van der Waals surface area (Å²) in [6.45, 7) is 3.23. The quantitative estimate of drug-likeness (QED) is 0.829. The molecule has 0 amide bonds. The van der Waals surface area contributed by atoms with Gasteiger partial charge in [-0.1, -0.05) is 0 Å². The Balaban J connectivity index is 2.25. The van der Waals surface area contributed by atoms with Crippen molar-refractivity contribution in [2.24, 2.45) is 0 Å². The number of halogens is 1. The SMILES string of the molecule is Cc1nccc(CNS(=O)(=O)c2cc(N)c(F)cc2C)n1. The van der Waals surface area contributed by atoms with Crippen molar-refractivity contribution in [1.82, 2.24) is 14.7 Å². The number of hydrogen-bond acceptors (Lipinski definition) is 5. The van der Waals surface area contributed by atoms with Gasteiger partial charge in [0.25, 0.3) is 0 Å². The van der Waals surface area contributed by atoms with Crippen LogP contribution in [0.5, 0.6) is 0 Å². The summed E-state index contributed by atoms with van der Waals surface area (Å²) in [5.74, 6) is -0.0909. The van der Waals surface area contributed by atoms with Gasteiger partial charge in [-0.3, -0.25) is 0 Å². The molecule has 0 radical (unpaired) electrons. The second kappa shape index (κ2) is 5.74. The van der Waals surface area contributed by atoms with Crippen LogP contribution in [0.15, 0.2) is 29.3 Å². The number of rotatable bonds is 4. The summed E-state index contributed by atoms with van der Waals surface area (Å²) in [5.41, 5.74) is 6.04. The van der Waals surface area contributed by atoms with Crippen LogP contribution in [0.2, 0.25) is 0 Å². The lowest BCUT2D eigenvalue weighted by atomic mass is 10.2. The minimum Gasteiger partial charge on any atom is -0.396 e. The van der Waals surface area contributed by atoms with Crippen LogP contribution < -0.4 is 10.5 Å². The average molecular weight is 310 g/mol. The van der Waals surface area contributed by atoms with E-state index in [-0.39, 0.29) is 22.7 Å². The molecular formula is C13H15FN4O2S. The van der Waals surface area contributed by atoms with Gasteiger partial charge in [-0.25, -0.2) is 27.5 Å². The number of hydrogen-bond donors (Lipinski definition) is 2. The van der Waals surface area contributed by atoms with Gasteiger partial charge in [-0.05, 0) is 37.6 Å². The van der Waals surface area contributed by atoms with Crippen molar-refractivity contribution in [1.29, 1.82) is 0 Å². The first-order valence-corrected chi connectivity index (χ1v) is 7.62. The lowest BCUT2D eigenvalue weighted by molar-refractivity contribution is 0.578. The minimum atomic E-state index is -3.80. The van der Waals surface area contributed by atoms with Crippen LogP contribution in [-0.4, -0.2) is 18.4 Å². The number of nitrogens with zero attached hydrogens (tertiary/aromatic N) is 2. The van der Waals surface area contributed by atoms with E-state index in [2.05, 4.69) is 14.7 Å². The molecule has 0 saturated heterocycles. The van der Waals surface area contributed by atoms with Crippen molar-refractivity contribution in [3.8, 4) is 0 Å². The predicted octanol–water partition coefficient (Wildman–Crippen LogP) is 1.29. The Hall–Kier alpha value is -2.06. The molecule has 0 bridgehead atoms. The molecule has 1 heterocycles. The van der Waals surface area contributed by atoms with E-state index in [1.165, 1.54) is 6.92 Å². The van der Waals surface area contributed by atoms with Crippen molar-refractivity contribution in [2.75, 3.05) is 5.73 Å².